The lowest BCUT2D eigenvalue weighted by Gasteiger charge is -2.15. The van der Waals surface area contributed by atoms with Gasteiger partial charge in [0.05, 0.1) is 17.7 Å². The van der Waals surface area contributed by atoms with Crippen molar-refractivity contribution in [3.8, 4) is 22.8 Å². The van der Waals surface area contributed by atoms with Gasteiger partial charge in [0.2, 0.25) is 5.91 Å². The van der Waals surface area contributed by atoms with Gasteiger partial charge in [-0.05, 0) is 36.8 Å². The molecule has 40 heavy (non-hydrogen) atoms. The molecule has 10 heteroatoms. The van der Waals surface area contributed by atoms with Crippen LogP contribution in [0.5, 0.6) is 5.75 Å². The Hall–Kier alpha value is -5.38. The Labute approximate surface area is 227 Å². The lowest BCUT2D eigenvalue weighted by atomic mass is 10.1. The largest absolute Gasteiger partial charge is 0.494 e. The molecule has 5 rings (SSSR count). The first kappa shape index (κ1) is 26.2. The van der Waals surface area contributed by atoms with Gasteiger partial charge in [-0.2, -0.15) is 0 Å². The molecule has 0 atom stereocenters. The molecule has 0 saturated carbocycles. The van der Waals surface area contributed by atoms with Crippen LogP contribution in [0.15, 0.2) is 104 Å². The molecule has 0 saturated heterocycles. The molecular formula is C30H26N4O6. The third-order valence-electron chi connectivity index (χ3n) is 6.35. The minimum absolute atomic E-state index is 0.0310. The number of carbonyl (C=O) groups excluding carboxylic acids is 1. The van der Waals surface area contributed by atoms with Gasteiger partial charge < -0.3 is 20.2 Å². The van der Waals surface area contributed by atoms with E-state index in [1.54, 1.807) is 48.5 Å². The zero-order valence-corrected chi connectivity index (χ0v) is 21.6. The molecule has 0 fully saturated rings. The molecule has 0 aliphatic rings. The van der Waals surface area contributed by atoms with Gasteiger partial charge in [0, 0.05) is 25.1 Å². The fourth-order valence-electron chi connectivity index (χ4n) is 4.27. The van der Waals surface area contributed by atoms with E-state index >= 15 is 0 Å². The van der Waals surface area contributed by atoms with Crippen molar-refractivity contribution >= 4 is 28.4 Å². The maximum absolute atomic E-state index is 12.7. The highest BCUT2D eigenvalue weighted by atomic mass is 16.5. The highest BCUT2D eigenvalue weighted by Crippen LogP contribution is 2.24. The summed E-state index contributed by atoms with van der Waals surface area (Å²) in [5.74, 6) is 0.320. The second kappa shape index (κ2) is 11.2. The number of benzene rings is 3. The lowest BCUT2D eigenvalue weighted by molar-refractivity contribution is -0.116. The third-order valence-corrected chi connectivity index (χ3v) is 6.35. The second-order valence-electron chi connectivity index (χ2n) is 9.08. The van der Waals surface area contributed by atoms with Gasteiger partial charge in [0.15, 0.2) is 5.43 Å². The minimum Gasteiger partial charge on any atom is -0.494 e. The summed E-state index contributed by atoms with van der Waals surface area (Å²) in [4.78, 5) is 50.7. The molecule has 3 N–H and O–H groups in total. The van der Waals surface area contributed by atoms with Crippen LogP contribution in [-0.4, -0.2) is 21.6 Å². The van der Waals surface area contributed by atoms with Crippen LogP contribution in [0, 0.1) is 0 Å². The summed E-state index contributed by atoms with van der Waals surface area (Å²) in [5.41, 5.74) is 6.15. The maximum Gasteiger partial charge on any atom is 0.337 e. The maximum atomic E-state index is 12.7. The Morgan fingerprint density at radius 2 is 1.65 bits per heavy atom. The van der Waals surface area contributed by atoms with Crippen LogP contribution in [-0.2, 0) is 11.8 Å². The van der Waals surface area contributed by atoms with E-state index in [4.69, 9.17) is 14.9 Å². The molecule has 0 unspecified atom stereocenters. The Kier molecular flexibility index (Phi) is 7.32. The summed E-state index contributed by atoms with van der Waals surface area (Å²) < 4.78 is 13.7. The molecule has 2 heterocycles. The average Bonchev–Trinajstić information content (AvgIpc) is 2.97. The number of rotatable bonds is 8. The second-order valence-corrected chi connectivity index (χ2v) is 9.08. The first-order chi connectivity index (χ1) is 19.3. The van der Waals surface area contributed by atoms with Crippen molar-refractivity contribution in [3.63, 3.8) is 0 Å². The molecule has 202 valence electrons. The monoisotopic (exact) mass is 538 g/mol. The molecule has 2 aromatic heterocycles. The van der Waals surface area contributed by atoms with E-state index in [0.717, 1.165) is 10.1 Å². The Bertz CT molecular complexity index is 1880. The predicted octanol–water partition coefficient (Wildman–Crippen LogP) is 3.69. The van der Waals surface area contributed by atoms with E-state index in [0.29, 0.717) is 34.6 Å². The summed E-state index contributed by atoms with van der Waals surface area (Å²) in [6, 6.07) is 24.4. The summed E-state index contributed by atoms with van der Waals surface area (Å²) in [6.45, 7) is 0.184. The molecule has 0 aliphatic heterocycles. The van der Waals surface area contributed by atoms with Crippen molar-refractivity contribution in [1.29, 1.82) is 0 Å². The number of nitrogens with zero attached hydrogens (tertiary/aromatic N) is 2. The topological polar surface area (TPSA) is 139 Å². The fraction of sp³-hybridized carbons (Fsp3) is 0.133. The van der Waals surface area contributed by atoms with Crippen molar-refractivity contribution in [3.05, 3.63) is 116 Å². The number of nitrogen functional groups attached to an aromatic ring is 1. The molecule has 0 aliphatic carbocycles. The Morgan fingerprint density at radius 1 is 0.950 bits per heavy atom. The summed E-state index contributed by atoms with van der Waals surface area (Å²) in [7, 11) is 1.32. The van der Waals surface area contributed by atoms with Crippen LogP contribution in [0.3, 0.4) is 0 Å². The number of hydrogen-bond acceptors (Lipinski definition) is 7. The van der Waals surface area contributed by atoms with E-state index in [1.165, 1.54) is 17.7 Å². The number of nitrogens with one attached hydrogen (secondary N) is 1. The standard InChI is InChI=1S/C30H26N4O6/c1-33-29(37)27(28(31)34(30(33)38)20-11-6-3-7-12-20)32-26(36)13-8-16-39-21-14-15-24-22(17-21)23(35)18-25(40-24)19-9-4-2-5-10-19/h2-7,9-12,14-15,17-18H,8,13,16,31H2,1H3,(H,32,36). The average molecular weight is 539 g/mol. The van der Waals surface area contributed by atoms with E-state index in [-0.39, 0.29) is 30.0 Å². The van der Waals surface area contributed by atoms with Gasteiger partial charge >= 0.3 is 5.69 Å². The van der Waals surface area contributed by atoms with Crippen molar-refractivity contribution < 1.29 is 13.9 Å². The number of nitrogens with two attached hydrogens (primary N) is 1. The molecule has 3 aromatic carbocycles. The smallest absolute Gasteiger partial charge is 0.337 e. The van der Waals surface area contributed by atoms with Gasteiger partial charge in [-0.15, -0.1) is 0 Å². The van der Waals surface area contributed by atoms with E-state index in [1.807, 2.05) is 30.3 Å². The van der Waals surface area contributed by atoms with Crippen LogP contribution in [0.4, 0.5) is 11.5 Å². The Morgan fingerprint density at radius 3 is 2.38 bits per heavy atom. The zero-order chi connectivity index (χ0) is 28.2. The lowest BCUT2D eigenvalue weighted by Crippen LogP contribution is -2.40. The van der Waals surface area contributed by atoms with Crippen molar-refractivity contribution in [2.75, 3.05) is 17.7 Å². The first-order valence-electron chi connectivity index (χ1n) is 12.6. The number of aromatic nitrogens is 2. The van der Waals surface area contributed by atoms with Crippen molar-refractivity contribution in [1.82, 2.24) is 9.13 Å². The molecule has 0 spiro atoms. The number of amides is 1. The van der Waals surface area contributed by atoms with Gasteiger partial charge in [-0.25, -0.2) is 9.36 Å². The summed E-state index contributed by atoms with van der Waals surface area (Å²) in [6.07, 6.45) is 0.354. The first-order valence-corrected chi connectivity index (χ1v) is 12.6. The minimum atomic E-state index is -0.704. The number of carbonyl (C=O) groups is 1. The summed E-state index contributed by atoms with van der Waals surface area (Å²) >= 11 is 0. The van der Waals surface area contributed by atoms with Gasteiger partial charge in [0.1, 0.15) is 28.6 Å². The van der Waals surface area contributed by atoms with Crippen LogP contribution in [0.25, 0.3) is 28.0 Å². The van der Waals surface area contributed by atoms with E-state index < -0.39 is 17.2 Å². The summed E-state index contributed by atoms with van der Waals surface area (Å²) in [5, 5.41) is 2.92. The fourth-order valence-corrected chi connectivity index (χ4v) is 4.27. The molecule has 5 aromatic rings. The number of hydrogen-bond donors (Lipinski definition) is 2. The van der Waals surface area contributed by atoms with E-state index in [2.05, 4.69) is 5.32 Å². The normalized spacial score (nSPS) is 10.9. The van der Waals surface area contributed by atoms with Crippen LogP contribution in [0.2, 0.25) is 0 Å². The Balaban J connectivity index is 1.23. The number of ether oxygens (including phenoxy) is 1. The zero-order valence-electron chi connectivity index (χ0n) is 21.6. The predicted molar refractivity (Wildman–Crippen MR) is 153 cm³/mol. The third kappa shape index (κ3) is 5.28. The number of para-hydroxylation sites is 1. The van der Waals surface area contributed by atoms with Gasteiger partial charge in [-0.1, -0.05) is 48.5 Å². The molecular weight excluding hydrogens is 512 g/mol. The van der Waals surface area contributed by atoms with Gasteiger partial charge in [-0.3, -0.25) is 19.0 Å². The number of fused-ring (bicyclic) bond motifs is 1. The molecule has 0 radical (unpaired) electrons. The van der Waals surface area contributed by atoms with Crippen LogP contribution in [0.1, 0.15) is 12.8 Å². The molecule has 10 nitrogen and oxygen atoms in total. The van der Waals surface area contributed by atoms with Crippen molar-refractivity contribution in [2.24, 2.45) is 7.05 Å². The molecule has 0 bridgehead atoms. The molecule has 1 amide bonds. The highest BCUT2D eigenvalue weighted by Gasteiger charge is 2.18. The van der Waals surface area contributed by atoms with Crippen LogP contribution < -0.4 is 32.5 Å². The number of anilines is 2. The SMILES string of the molecule is Cn1c(=O)c(NC(=O)CCCOc2ccc3oc(-c4ccccc4)cc(=O)c3c2)c(N)n(-c2ccccc2)c1=O. The van der Waals surface area contributed by atoms with Crippen molar-refractivity contribution in [2.45, 2.75) is 12.8 Å². The quantitative estimate of drug-likeness (QED) is 0.287. The van der Waals surface area contributed by atoms with Gasteiger partial charge in [0.25, 0.3) is 5.56 Å². The highest BCUT2D eigenvalue weighted by molar-refractivity contribution is 5.93. The van der Waals surface area contributed by atoms with E-state index in [9.17, 15) is 19.2 Å². The van der Waals surface area contributed by atoms with Crippen LogP contribution >= 0.6 is 0 Å².